The van der Waals surface area contributed by atoms with Gasteiger partial charge in [-0.05, 0) is 24.3 Å². The molecule has 0 atom stereocenters. The first-order valence-electron chi connectivity index (χ1n) is 6.56. The Labute approximate surface area is 143 Å². The molecule has 114 valence electrons. The second-order valence-electron chi connectivity index (χ2n) is 4.22. The Morgan fingerprint density at radius 3 is 2.86 bits per heavy atom. The summed E-state index contributed by atoms with van der Waals surface area (Å²) in [6.45, 7) is 3.71. The highest BCUT2D eigenvalue weighted by atomic mass is 35.5. The van der Waals surface area contributed by atoms with Gasteiger partial charge in [-0.25, -0.2) is 4.98 Å². The van der Waals surface area contributed by atoms with Crippen molar-refractivity contribution in [3.05, 3.63) is 60.3 Å². The predicted octanol–water partition coefficient (Wildman–Crippen LogP) is 4.74. The second kappa shape index (κ2) is 8.88. The summed E-state index contributed by atoms with van der Waals surface area (Å²) in [4.78, 5) is 17.3. The molecule has 2 rings (SSSR count). The largest absolute Gasteiger partial charge is 0.324 e. The lowest BCUT2D eigenvalue weighted by atomic mass is 10.3. The van der Waals surface area contributed by atoms with E-state index in [1.54, 1.807) is 30.1 Å². The molecule has 1 N–H and O–H groups in total. The third-order valence-corrected chi connectivity index (χ3v) is 5.07. The quantitative estimate of drug-likeness (QED) is 0.578. The molecule has 1 aromatic heterocycles. The fourth-order valence-electron chi connectivity index (χ4n) is 1.64. The SMILES string of the molecule is C=CCSc1ccccc1NC(=O)CSc1ncccc1Cl. The van der Waals surface area contributed by atoms with Gasteiger partial charge in [0.05, 0.1) is 16.5 Å². The van der Waals surface area contributed by atoms with E-state index in [0.717, 1.165) is 16.3 Å². The van der Waals surface area contributed by atoms with E-state index in [4.69, 9.17) is 11.6 Å². The summed E-state index contributed by atoms with van der Waals surface area (Å²) in [5, 5.41) is 4.14. The standard InChI is InChI=1S/C16H15ClN2OS2/c1-2-10-21-14-8-4-3-7-13(14)19-15(20)11-22-16-12(17)6-5-9-18-16/h2-9H,1,10-11H2,(H,19,20). The zero-order chi connectivity index (χ0) is 15.8. The first-order chi connectivity index (χ1) is 10.7. The Hall–Kier alpha value is -1.43. The monoisotopic (exact) mass is 350 g/mol. The number of halogens is 1. The van der Waals surface area contributed by atoms with Crippen LogP contribution in [-0.4, -0.2) is 22.4 Å². The highest BCUT2D eigenvalue weighted by Crippen LogP contribution is 2.28. The molecule has 22 heavy (non-hydrogen) atoms. The molecule has 6 heteroatoms. The van der Waals surface area contributed by atoms with Crippen LogP contribution in [0.5, 0.6) is 0 Å². The minimum Gasteiger partial charge on any atom is -0.324 e. The van der Waals surface area contributed by atoms with Crippen LogP contribution >= 0.6 is 35.1 Å². The first kappa shape index (κ1) is 16.9. The molecule has 3 nitrogen and oxygen atoms in total. The van der Waals surface area contributed by atoms with E-state index < -0.39 is 0 Å². The minimum absolute atomic E-state index is 0.0848. The molecule has 0 bridgehead atoms. The van der Waals surface area contributed by atoms with Crippen molar-refractivity contribution in [2.45, 2.75) is 9.92 Å². The van der Waals surface area contributed by atoms with Gasteiger partial charge in [0.15, 0.2) is 0 Å². The van der Waals surface area contributed by atoms with Crippen molar-refractivity contribution in [2.75, 3.05) is 16.8 Å². The lowest BCUT2D eigenvalue weighted by Gasteiger charge is -2.10. The summed E-state index contributed by atoms with van der Waals surface area (Å²) in [5.41, 5.74) is 0.812. The van der Waals surface area contributed by atoms with E-state index in [1.165, 1.54) is 11.8 Å². The number of rotatable bonds is 7. The number of anilines is 1. The van der Waals surface area contributed by atoms with E-state index in [-0.39, 0.29) is 11.7 Å². The van der Waals surface area contributed by atoms with Crippen LogP contribution in [0.1, 0.15) is 0 Å². The summed E-state index contributed by atoms with van der Waals surface area (Å²) in [7, 11) is 0. The molecule has 0 aliphatic heterocycles. The highest BCUT2D eigenvalue weighted by molar-refractivity contribution is 8.00. The Morgan fingerprint density at radius 1 is 1.27 bits per heavy atom. The van der Waals surface area contributed by atoms with E-state index in [9.17, 15) is 4.79 Å². The van der Waals surface area contributed by atoms with Crippen molar-refractivity contribution in [2.24, 2.45) is 0 Å². The van der Waals surface area contributed by atoms with Crippen LogP contribution in [0, 0.1) is 0 Å². The summed E-state index contributed by atoms with van der Waals surface area (Å²) in [5.74, 6) is 0.973. The molecule has 0 saturated heterocycles. The number of carbonyl (C=O) groups excluding carboxylic acids is 1. The maximum atomic E-state index is 12.1. The van der Waals surface area contributed by atoms with Crippen LogP contribution in [0.15, 0.2) is 65.2 Å². The number of thioether (sulfide) groups is 2. The average molecular weight is 351 g/mol. The van der Waals surface area contributed by atoms with Gasteiger partial charge in [0.2, 0.25) is 5.91 Å². The van der Waals surface area contributed by atoms with Gasteiger partial charge in [-0.1, -0.05) is 41.6 Å². The molecule has 0 fully saturated rings. The molecular weight excluding hydrogens is 336 g/mol. The average Bonchev–Trinajstić information content (AvgIpc) is 2.53. The second-order valence-corrected chi connectivity index (χ2v) is 6.66. The predicted molar refractivity (Wildman–Crippen MR) is 96.0 cm³/mol. The lowest BCUT2D eigenvalue weighted by molar-refractivity contribution is -0.113. The van der Waals surface area contributed by atoms with E-state index in [0.29, 0.717) is 10.0 Å². The number of nitrogens with one attached hydrogen (secondary N) is 1. The molecule has 0 aliphatic rings. The molecule has 0 saturated carbocycles. The van der Waals surface area contributed by atoms with Gasteiger partial charge in [-0.2, -0.15) is 0 Å². The van der Waals surface area contributed by atoms with Crippen molar-refractivity contribution in [1.29, 1.82) is 0 Å². The lowest BCUT2D eigenvalue weighted by Crippen LogP contribution is -2.14. The molecule has 0 radical (unpaired) electrons. The van der Waals surface area contributed by atoms with Gasteiger partial charge >= 0.3 is 0 Å². The van der Waals surface area contributed by atoms with Gasteiger partial charge in [-0.3, -0.25) is 4.79 Å². The molecular formula is C16H15ClN2OS2. The number of hydrogen-bond acceptors (Lipinski definition) is 4. The van der Waals surface area contributed by atoms with Crippen molar-refractivity contribution < 1.29 is 4.79 Å². The maximum Gasteiger partial charge on any atom is 0.234 e. The zero-order valence-electron chi connectivity index (χ0n) is 11.8. The Bertz CT molecular complexity index is 664. The van der Waals surface area contributed by atoms with Gasteiger partial charge in [0.25, 0.3) is 0 Å². The smallest absolute Gasteiger partial charge is 0.234 e. The van der Waals surface area contributed by atoms with Crippen molar-refractivity contribution in [3.8, 4) is 0 Å². The number of nitrogens with zero attached hydrogens (tertiary/aromatic N) is 1. The number of para-hydroxylation sites is 1. The summed E-state index contributed by atoms with van der Waals surface area (Å²) in [6.07, 6.45) is 3.50. The van der Waals surface area contributed by atoms with Crippen LogP contribution in [0.3, 0.4) is 0 Å². The first-order valence-corrected chi connectivity index (χ1v) is 8.91. The maximum absolute atomic E-state index is 12.1. The highest BCUT2D eigenvalue weighted by Gasteiger charge is 2.09. The van der Waals surface area contributed by atoms with E-state index >= 15 is 0 Å². The number of aromatic nitrogens is 1. The van der Waals surface area contributed by atoms with Crippen LogP contribution in [0.4, 0.5) is 5.69 Å². The van der Waals surface area contributed by atoms with Gasteiger partial charge in [0, 0.05) is 16.8 Å². The van der Waals surface area contributed by atoms with E-state index in [1.807, 2.05) is 30.3 Å². The minimum atomic E-state index is -0.0848. The molecule has 0 aliphatic carbocycles. The Kier molecular flexibility index (Phi) is 6.83. The number of hydrogen-bond donors (Lipinski definition) is 1. The number of benzene rings is 1. The third-order valence-electron chi connectivity index (χ3n) is 2.58. The van der Waals surface area contributed by atoms with Crippen LogP contribution in [0.25, 0.3) is 0 Å². The molecule has 2 aromatic rings. The van der Waals surface area contributed by atoms with Crippen molar-refractivity contribution in [1.82, 2.24) is 4.98 Å². The molecule has 0 unspecified atom stereocenters. The summed E-state index contributed by atoms with van der Waals surface area (Å²) < 4.78 is 0. The fraction of sp³-hybridized carbons (Fsp3) is 0.125. The topological polar surface area (TPSA) is 42.0 Å². The summed E-state index contributed by atoms with van der Waals surface area (Å²) >= 11 is 8.98. The number of pyridine rings is 1. The van der Waals surface area contributed by atoms with Crippen LogP contribution in [-0.2, 0) is 4.79 Å². The van der Waals surface area contributed by atoms with E-state index in [2.05, 4.69) is 16.9 Å². The van der Waals surface area contributed by atoms with Crippen molar-refractivity contribution in [3.63, 3.8) is 0 Å². The van der Waals surface area contributed by atoms with Crippen LogP contribution < -0.4 is 5.32 Å². The third kappa shape index (κ3) is 5.09. The zero-order valence-corrected chi connectivity index (χ0v) is 14.2. The molecule has 1 amide bonds. The molecule has 1 aromatic carbocycles. The Balaban J connectivity index is 1.95. The Morgan fingerprint density at radius 2 is 2.09 bits per heavy atom. The molecule has 1 heterocycles. The van der Waals surface area contributed by atoms with Gasteiger partial charge in [0.1, 0.15) is 5.03 Å². The molecule has 0 spiro atoms. The van der Waals surface area contributed by atoms with Gasteiger partial charge < -0.3 is 5.32 Å². The number of carbonyl (C=O) groups is 1. The van der Waals surface area contributed by atoms with Crippen LogP contribution in [0.2, 0.25) is 5.02 Å². The van der Waals surface area contributed by atoms with Crippen molar-refractivity contribution >= 4 is 46.7 Å². The number of amides is 1. The van der Waals surface area contributed by atoms with Gasteiger partial charge in [-0.15, -0.1) is 18.3 Å². The summed E-state index contributed by atoms with van der Waals surface area (Å²) in [6, 6.07) is 11.2. The normalized spacial score (nSPS) is 10.2. The fourth-order valence-corrected chi connectivity index (χ4v) is 3.36.